The third-order valence-corrected chi connectivity index (χ3v) is 3.24. The van der Waals surface area contributed by atoms with Crippen LogP contribution in [0.3, 0.4) is 0 Å². The van der Waals surface area contributed by atoms with Gasteiger partial charge in [-0.3, -0.25) is 0 Å². The Balaban J connectivity index is 2.50. The molecule has 0 saturated carbocycles. The summed E-state index contributed by atoms with van der Waals surface area (Å²) in [6.45, 7) is 6.18. The van der Waals surface area contributed by atoms with E-state index >= 15 is 0 Å². The van der Waals surface area contributed by atoms with Gasteiger partial charge in [0.15, 0.2) is 0 Å². The number of allylic oxidation sites excluding steroid dienone is 9. The Morgan fingerprint density at radius 2 is 2.05 bits per heavy atom. The first-order chi connectivity index (χ1) is 10.1. The van der Waals surface area contributed by atoms with Crippen molar-refractivity contribution in [2.24, 2.45) is 0 Å². The Labute approximate surface area is 128 Å². The monoisotopic (exact) mass is 286 g/mol. The van der Waals surface area contributed by atoms with Crippen molar-refractivity contribution in [3.63, 3.8) is 0 Å². The van der Waals surface area contributed by atoms with Crippen molar-refractivity contribution >= 4 is 5.97 Å². The quantitative estimate of drug-likeness (QED) is 0.388. The van der Waals surface area contributed by atoms with Crippen LogP contribution in [0.15, 0.2) is 59.3 Å². The van der Waals surface area contributed by atoms with Crippen LogP contribution < -0.4 is 0 Å². The highest BCUT2D eigenvalue weighted by molar-refractivity contribution is 5.83. The average molecular weight is 286 g/mol. The van der Waals surface area contributed by atoms with E-state index in [-0.39, 0.29) is 5.97 Å². The molecule has 0 N–H and O–H groups in total. The summed E-state index contributed by atoms with van der Waals surface area (Å²) in [6.07, 6.45) is 19.1. The minimum atomic E-state index is -0.288. The molecule has 1 aliphatic carbocycles. The molecule has 0 atom stereocenters. The van der Waals surface area contributed by atoms with Crippen LogP contribution in [-0.4, -0.2) is 12.6 Å². The molecule has 1 aliphatic rings. The van der Waals surface area contributed by atoms with Crippen molar-refractivity contribution in [2.75, 3.05) is 6.61 Å². The molecule has 0 aliphatic heterocycles. The van der Waals surface area contributed by atoms with E-state index in [4.69, 9.17) is 4.74 Å². The van der Waals surface area contributed by atoms with Crippen LogP contribution in [0.5, 0.6) is 0 Å². The van der Waals surface area contributed by atoms with Crippen LogP contribution in [0.4, 0.5) is 0 Å². The average Bonchev–Trinajstić information content (AvgIpc) is 2.46. The van der Waals surface area contributed by atoms with E-state index in [9.17, 15) is 4.79 Å². The zero-order valence-corrected chi connectivity index (χ0v) is 13.4. The maximum Gasteiger partial charge on any atom is 0.330 e. The van der Waals surface area contributed by atoms with Gasteiger partial charge in [-0.15, -0.1) is 0 Å². The van der Waals surface area contributed by atoms with Gasteiger partial charge in [0.1, 0.15) is 0 Å². The Morgan fingerprint density at radius 3 is 2.71 bits per heavy atom. The van der Waals surface area contributed by atoms with Gasteiger partial charge in [-0.2, -0.15) is 0 Å². The predicted octanol–water partition coefficient (Wildman–Crippen LogP) is 5.05. The van der Waals surface area contributed by atoms with Gasteiger partial charge in [-0.1, -0.05) is 47.6 Å². The molecular formula is C19H26O2. The molecule has 0 radical (unpaired) electrons. The number of hydrogen-bond acceptors (Lipinski definition) is 2. The van der Waals surface area contributed by atoms with Crippen LogP contribution >= 0.6 is 0 Å². The van der Waals surface area contributed by atoms with Crippen LogP contribution in [-0.2, 0) is 9.53 Å². The van der Waals surface area contributed by atoms with Crippen LogP contribution in [0.1, 0.15) is 46.5 Å². The van der Waals surface area contributed by atoms with Gasteiger partial charge in [0.05, 0.1) is 6.61 Å². The molecule has 2 heteroatoms. The summed E-state index contributed by atoms with van der Waals surface area (Å²) in [5.41, 5.74) is 3.52. The van der Waals surface area contributed by atoms with Gasteiger partial charge in [0, 0.05) is 6.08 Å². The number of esters is 1. The van der Waals surface area contributed by atoms with Crippen molar-refractivity contribution < 1.29 is 9.53 Å². The summed E-state index contributed by atoms with van der Waals surface area (Å²) < 4.78 is 4.86. The maximum absolute atomic E-state index is 11.3. The van der Waals surface area contributed by atoms with E-state index < -0.39 is 0 Å². The molecule has 0 fully saturated rings. The minimum Gasteiger partial charge on any atom is -0.463 e. The number of carbonyl (C=O) groups is 1. The van der Waals surface area contributed by atoms with Gasteiger partial charge in [0.2, 0.25) is 0 Å². The molecule has 0 amide bonds. The molecule has 1 rings (SSSR count). The van der Waals surface area contributed by atoms with Crippen molar-refractivity contribution in [1.29, 1.82) is 0 Å². The fraction of sp³-hybridized carbons (Fsp3) is 0.421. The minimum absolute atomic E-state index is 0.288. The fourth-order valence-corrected chi connectivity index (χ4v) is 2.08. The lowest BCUT2D eigenvalue weighted by atomic mass is 9.99. The summed E-state index contributed by atoms with van der Waals surface area (Å²) in [4.78, 5) is 11.3. The summed E-state index contributed by atoms with van der Waals surface area (Å²) in [5.74, 6) is -0.288. The summed E-state index contributed by atoms with van der Waals surface area (Å²) >= 11 is 0. The maximum atomic E-state index is 11.3. The van der Waals surface area contributed by atoms with E-state index in [2.05, 4.69) is 25.2 Å². The zero-order chi connectivity index (χ0) is 15.5. The number of hydrogen-bond donors (Lipinski definition) is 0. The van der Waals surface area contributed by atoms with Gasteiger partial charge < -0.3 is 4.74 Å². The van der Waals surface area contributed by atoms with E-state index in [0.29, 0.717) is 6.61 Å². The molecule has 0 aromatic carbocycles. The van der Waals surface area contributed by atoms with E-state index in [1.165, 1.54) is 42.9 Å². The normalized spacial score (nSPS) is 17.4. The molecule has 0 aromatic heterocycles. The molecule has 0 saturated heterocycles. The number of carbonyl (C=O) groups excluding carboxylic acids is 1. The second-order valence-electron chi connectivity index (χ2n) is 5.27. The van der Waals surface area contributed by atoms with Crippen molar-refractivity contribution in [2.45, 2.75) is 46.5 Å². The smallest absolute Gasteiger partial charge is 0.330 e. The first-order valence-corrected chi connectivity index (χ1v) is 7.69. The molecular weight excluding hydrogens is 260 g/mol. The summed E-state index contributed by atoms with van der Waals surface area (Å²) in [7, 11) is 0. The number of rotatable bonds is 6. The second-order valence-corrected chi connectivity index (χ2v) is 5.27. The third-order valence-electron chi connectivity index (χ3n) is 3.24. The molecule has 2 nitrogen and oxygen atoms in total. The lowest BCUT2D eigenvalue weighted by molar-refractivity contribution is -0.137. The highest BCUT2D eigenvalue weighted by atomic mass is 16.5. The molecule has 0 bridgehead atoms. The van der Waals surface area contributed by atoms with Gasteiger partial charge in [-0.05, 0) is 52.0 Å². The van der Waals surface area contributed by atoms with Crippen molar-refractivity contribution in [3.8, 4) is 0 Å². The van der Waals surface area contributed by atoms with E-state index in [1.807, 2.05) is 25.2 Å². The topological polar surface area (TPSA) is 26.3 Å². The lowest BCUT2D eigenvalue weighted by Crippen LogP contribution is -1.99. The highest BCUT2D eigenvalue weighted by Gasteiger charge is 1.99. The van der Waals surface area contributed by atoms with Crippen LogP contribution in [0, 0.1) is 0 Å². The number of ether oxygens (including phenoxy) is 1. The largest absolute Gasteiger partial charge is 0.463 e. The molecule has 21 heavy (non-hydrogen) atoms. The first-order valence-electron chi connectivity index (χ1n) is 7.69. The van der Waals surface area contributed by atoms with Crippen LogP contribution in [0.2, 0.25) is 0 Å². The van der Waals surface area contributed by atoms with Gasteiger partial charge >= 0.3 is 5.97 Å². The summed E-state index contributed by atoms with van der Waals surface area (Å²) in [5, 5.41) is 0. The first kappa shape index (κ1) is 17.2. The SMILES string of the molecule is CCOC(=O)/C=C(C)/C=C/C=C(C)/C=C/C1=CCCCC1. The lowest BCUT2D eigenvalue weighted by Gasteiger charge is -2.07. The predicted molar refractivity (Wildman–Crippen MR) is 89.0 cm³/mol. The molecule has 0 aromatic rings. The van der Waals surface area contributed by atoms with Gasteiger partial charge in [0.25, 0.3) is 0 Å². The van der Waals surface area contributed by atoms with E-state index in [1.54, 1.807) is 6.92 Å². The molecule has 114 valence electrons. The Hall–Kier alpha value is -1.83. The highest BCUT2D eigenvalue weighted by Crippen LogP contribution is 2.18. The molecule has 0 heterocycles. The van der Waals surface area contributed by atoms with E-state index in [0.717, 1.165) is 5.57 Å². The fourth-order valence-electron chi connectivity index (χ4n) is 2.08. The summed E-state index contributed by atoms with van der Waals surface area (Å²) in [6, 6.07) is 0. The van der Waals surface area contributed by atoms with Crippen molar-refractivity contribution in [1.82, 2.24) is 0 Å². The molecule has 0 spiro atoms. The zero-order valence-electron chi connectivity index (χ0n) is 13.4. The Bertz CT molecular complexity index is 488. The third kappa shape index (κ3) is 8.13. The Morgan fingerprint density at radius 1 is 1.24 bits per heavy atom. The molecule has 0 unspecified atom stereocenters. The second kappa shape index (κ2) is 9.98. The standard InChI is InChI=1S/C19H26O2/c1-4-21-19(20)15-17(3)10-8-9-16(2)13-14-18-11-6-5-7-12-18/h8-11,13-15H,4-7,12H2,1-3H3/b10-8+,14-13+,16-9+,17-15+. The van der Waals surface area contributed by atoms with Crippen LogP contribution in [0.25, 0.3) is 0 Å². The van der Waals surface area contributed by atoms with Crippen molar-refractivity contribution in [3.05, 3.63) is 59.3 Å². The van der Waals surface area contributed by atoms with Gasteiger partial charge in [-0.25, -0.2) is 4.79 Å². The Kier molecular flexibility index (Phi) is 8.18.